The van der Waals surface area contributed by atoms with Crippen molar-refractivity contribution in [2.75, 3.05) is 14.2 Å². The topological polar surface area (TPSA) is 99.6 Å². The second kappa shape index (κ2) is 8.17. The number of carbonyl (C=O) groups is 4. The number of ketones is 2. The van der Waals surface area contributed by atoms with Crippen LogP contribution < -0.4 is 0 Å². The number of pyridine rings is 1. The van der Waals surface area contributed by atoms with Gasteiger partial charge in [-0.2, -0.15) is 0 Å². The van der Waals surface area contributed by atoms with Crippen molar-refractivity contribution in [3.8, 4) is 0 Å². The lowest BCUT2D eigenvalue weighted by atomic mass is 9.74. The molecule has 0 aliphatic carbocycles. The lowest BCUT2D eigenvalue weighted by Gasteiger charge is -2.28. The van der Waals surface area contributed by atoms with Gasteiger partial charge in [-0.1, -0.05) is 0 Å². The molecule has 0 fully saturated rings. The first-order chi connectivity index (χ1) is 10.8. The fourth-order valence-corrected chi connectivity index (χ4v) is 2.55. The number of hydrogen-bond donors (Lipinski definition) is 0. The molecule has 0 N–H and O–H groups in total. The van der Waals surface area contributed by atoms with Crippen LogP contribution in [0.1, 0.15) is 25.3 Å². The molecule has 124 valence electrons. The second-order valence-corrected chi connectivity index (χ2v) is 5.03. The molecule has 0 amide bonds. The summed E-state index contributed by atoms with van der Waals surface area (Å²) >= 11 is 0. The molecule has 0 radical (unpaired) electrons. The van der Waals surface area contributed by atoms with E-state index >= 15 is 0 Å². The number of Topliss-reactive ketones (excluding diaryl/α,β-unsaturated/α-hetero) is 2. The number of hydrogen-bond acceptors (Lipinski definition) is 7. The smallest absolute Gasteiger partial charge is 0.316 e. The highest BCUT2D eigenvalue weighted by atomic mass is 16.5. The van der Waals surface area contributed by atoms with Crippen LogP contribution >= 0.6 is 0 Å². The summed E-state index contributed by atoms with van der Waals surface area (Å²) in [4.78, 5) is 52.1. The van der Waals surface area contributed by atoms with Crippen molar-refractivity contribution in [1.29, 1.82) is 0 Å². The van der Waals surface area contributed by atoms with Crippen molar-refractivity contribution in [2.24, 2.45) is 11.8 Å². The van der Waals surface area contributed by atoms with Crippen LogP contribution in [0.5, 0.6) is 0 Å². The number of carbonyl (C=O) groups excluding carboxylic acids is 4. The first kappa shape index (κ1) is 18.5. The molecule has 0 saturated heterocycles. The van der Waals surface area contributed by atoms with Gasteiger partial charge in [0.25, 0.3) is 0 Å². The average Bonchev–Trinajstić information content (AvgIpc) is 2.53. The Hall–Kier alpha value is -2.57. The first-order valence-corrected chi connectivity index (χ1v) is 6.91. The van der Waals surface area contributed by atoms with Crippen molar-refractivity contribution in [3.05, 3.63) is 30.1 Å². The third kappa shape index (κ3) is 4.21. The number of ether oxygens (including phenoxy) is 2. The molecule has 0 aliphatic rings. The summed E-state index contributed by atoms with van der Waals surface area (Å²) in [6, 6.07) is 3.09. The minimum absolute atomic E-state index is 0.455. The molecule has 0 saturated carbocycles. The zero-order valence-corrected chi connectivity index (χ0v) is 13.4. The van der Waals surface area contributed by atoms with Crippen LogP contribution in [-0.4, -0.2) is 42.7 Å². The maximum Gasteiger partial charge on any atom is 0.316 e. The van der Waals surface area contributed by atoms with Crippen molar-refractivity contribution in [3.63, 3.8) is 0 Å². The summed E-state index contributed by atoms with van der Waals surface area (Å²) in [5, 5.41) is 0. The van der Waals surface area contributed by atoms with E-state index < -0.39 is 41.3 Å². The summed E-state index contributed by atoms with van der Waals surface area (Å²) in [6.07, 6.45) is 2.90. The maximum absolute atomic E-state index is 12.1. The first-order valence-electron chi connectivity index (χ1n) is 6.91. The third-order valence-electron chi connectivity index (χ3n) is 3.60. The molecular weight excluding hydrogens is 302 g/mol. The average molecular weight is 321 g/mol. The zero-order valence-electron chi connectivity index (χ0n) is 13.4. The molecule has 1 heterocycles. The van der Waals surface area contributed by atoms with E-state index in [1.165, 1.54) is 26.2 Å². The van der Waals surface area contributed by atoms with Crippen LogP contribution in [0.25, 0.3) is 0 Å². The monoisotopic (exact) mass is 321 g/mol. The SMILES string of the molecule is COC(=O)[C@H](C(C)=O)C(c1ccncc1)[C@@H](C(C)=O)C(=O)OC. The quantitative estimate of drug-likeness (QED) is 0.544. The largest absolute Gasteiger partial charge is 0.468 e. The minimum Gasteiger partial charge on any atom is -0.468 e. The van der Waals surface area contributed by atoms with E-state index in [1.807, 2.05) is 0 Å². The number of rotatable bonds is 7. The molecule has 0 unspecified atom stereocenters. The Morgan fingerprint density at radius 2 is 1.26 bits per heavy atom. The van der Waals surface area contributed by atoms with E-state index in [0.717, 1.165) is 14.2 Å². The highest BCUT2D eigenvalue weighted by Gasteiger charge is 2.45. The molecular formula is C16H19NO6. The molecule has 0 aromatic carbocycles. The summed E-state index contributed by atoms with van der Waals surface area (Å²) < 4.78 is 9.36. The van der Waals surface area contributed by atoms with Crippen LogP contribution in [0.4, 0.5) is 0 Å². The van der Waals surface area contributed by atoms with Crippen LogP contribution in [0.2, 0.25) is 0 Å². The van der Waals surface area contributed by atoms with Gasteiger partial charge in [0.1, 0.15) is 23.4 Å². The Balaban J connectivity index is 3.53. The van der Waals surface area contributed by atoms with E-state index in [9.17, 15) is 19.2 Å². The Kier molecular flexibility index (Phi) is 6.56. The molecule has 1 aromatic rings. The lowest BCUT2D eigenvalue weighted by Crippen LogP contribution is -2.40. The van der Waals surface area contributed by atoms with E-state index in [1.54, 1.807) is 12.1 Å². The van der Waals surface area contributed by atoms with E-state index in [4.69, 9.17) is 0 Å². The van der Waals surface area contributed by atoms with Gasteiger partial charge in [-0.15, -0.1) is 0 Å². The minimum atomic E-state index is -1.30. The van der Waals surface area contributed by atoms with Gasteiger partial charge in [0, 0.05) is 18.3 Å². The van der Waals surface area contributed by atoms with Crippen LogP contribution in [0, 0.1) is 11.8 Å². The van der Waals surface area contributed by atoms with Crippen LogP contribution in [0.3, 0.4) is 0 Å². The van der Waals surface area contributed by atoms with Crippen LogP contribution in [-0.2, 0) is 28.7 Å². The fourth-order valence-electron chi connectivity index (χ4n) is 2.55. The molecule has 7 nitrogen and oxygen atoms in total. The van der Waals surface area contributed by atoms with Gasteiger partial charge in [-0.25, -0.2) is 0 Å². The van der Waals surface area contributed by atoms with Gasteiger partial charge in [0.05, 0.1) is 14.2 Å². The summed E-state index contributed by atoms with van der Waals surface area (Å²) in [5.41, 5.74) is 0.455. The Bertz CT molecular complexity index is 564. The summed E-state index contributed by atoms with van der Waals surface area (Å²) in [6.45, 7) is 2.43. The molecule has 0 spiro atoms. The fraction of sp³-hybridized carbons (Fsp3) is 0.438. The van der Waals surface area contributed by atoms with Gasteiger partial charge in [-0.3, -0.25) is 24.2 Å². The Morgan fingerprint density at radius 3 is 1.57 bits per heavy atom. The molecule has 1 aromatic heterocycles. The molecule has 23 heavy (non-hydrogen) atoms. The van der Waals surface area contributed by atoms with Crippen molar-refractivity contribution in [1.82, 2.24) is 4.98 Å². The maximum atomic E-state index is 12.1. The molecule has 2 atom stereocenters. The Labute approximate surface area is 134 Å². The van der Waals surface area contributed by atoms with E-state index in [0.29, 0.717) is 5.56 Å². The van der Waals surface area contributed by atoms with Crippen molar-refractivity contribution < 1.29 is 28.7 Å². The summed E-state index contributed by atoms with van der Waals surface area (Å²) in [7, 11) is 2.28. The molecule has 1 rings (SSSR count). The standard InChI is InChI=1S/C16H19NO6/c1-9(18)12(15(20)22-3)14(11-5-7-17-8-6-11)13(10(2)19)16(21)23-4/h5-8,12-14H,1-4H3/t12-,13-/m1/s1. The van der Waals surface area contributed by atoms with Crippen LogP contribution in [0.15, 0.2) is 24.5 Å². The predicted molar refractivity (Wildman–Crippen MR) is 79.4 cm³/mol. The van der Waals surface area contributed by atoms with E-state index in [2.05, 4.69) is 14.5 Å². The number of nitrogens with zero attached hydrogens (tertiary/aromatic N) is 1. The second-order valence-electron chi connectivity index (χ2n) is 5.03. The van der Waals surface area contributed by atoms with Gasteiger partial charge < -0.3 is 9.47 Å². The number of esters is 2. The highest BCUT2D eigenvalue weighted by molar-refractivity contribution is 6.04. The summed E-state index contributed by atoms with van der Waals surface area (Å²) in [5.74, 6) is -6.25. The predicted octanol–water partition coefficient (Wildman–Crippen LogP) is 0.922. The van der Waals surface area contributed by atoms with Gasteiger partial charge >= 0.3 is 11.9 Å². The normalized spacial score (nSPS) is 13.1. The Morgan fingerprint density at radius 1 is 0.870 bits per heavy atom. The van der Waals surface area contributed by atoms with Crippen molar-refractivity contribution >= 4 is 23.5 Å². The molecule has 7 heteroatoms. The molecule has 0 bridgehead atoms. The molecule has 0 aliphatic heterocycles. The van der Waals surface area contributed by atoms with Gasteiger partial charge in [-0.05, 0) is 31.5 Å². The highest BCUT2D eigenvalue weighted by Crippen LogP contribution is 2.35. The number of methoxy groups -OCH3 is 2. The van der Waals surface area contributed by atoms with Gasteiger partial charge in [0.15, 0.2) is 0 Å². The van der Waals surface area contributed by atoms with E-state index in [-0.39, 0.29) is 0 Å². The van der Waals surface area contributed by atoms with Gasteiger partial charge in [0.2, 0.25) is 0 Å². The van der Waals surface area contributed by atoms with Crippen molar-refractivity contribution in [2.45, 2.75) is 19.8 Å². The third-order valence-corrected chi connectivity index (χ3v) is 3.60. The number of aromatic nitrogens is 1. The lowest BCUT2D eigenvalue weighted by molar-refractivity contribution is -0.154. The zero-order chi connectivity index (χ0) is 17.6.